The van der Waals surface area contributed by atoms with Crippen LogP contribution in [0.2, 0.25) is 0 Å². The van der Waals surface area contributed by atoms with Gasteiger partial charge >= 0.3 is 0 Å². The molecular formula is C19H24BN3O2. The van der Waals surface area contributed by atoms with Gasteiger partial charge in [0.15, 0.2) is 11.6 Å². The first-order valence-corrected chi connectivity index (χ1v) is 8.67. The van der Waals surface area contributed by atoms with Crippen molar-refractivity contribution < 1.29 is 9.84 Å². The molecule has 0 saturated carbocycles. The molecule has 130 valence electrons. The van der Waals surface area contributed by atoms with Gasteiger partial charge in [0.05, 0.1) is 19.0 Å². The molecule has 0 unspecified atom stereocenters. The summed E-state index contributed by atoms with van der Waals surface area (Å²) in [5.41, 5.74) is 0.0499. The fourth-order valence-corrected chi connectivity index (χ4v) is 2.96. The van der Waals surface area contributed by atoms with E-state index in [1.54, 1.807) is 31.5 Å². The summed E-state index contributed by atoms with van der Waals surface area (Å²) in [6.07, 6.45) is 5.73. The van der Waals surface area contributed by atoms with Crippen molar-refractivity contribution >= 4 is 7.85 Å². The van der Waals surface area contributed by atoms with Gasteiger partial charge in [-0.1, -0.05) is 18.2 Å². The van der Waals surface area contributed by atoms with Gasteiger partial charge in [-0.15, -0.1) is 0 Å². The zero-order chi connectivity index (χ0) is 17.9. The maximum absolute atomic E-state index is 9.93. The van der Waals surface area contributed by atoms with Crippen LogP contribution in [0.4, 0.5) is 0 Å². The van der Waals surface area contributed by atoms with Crippen molar-refractivity contribution in [2.45, 2.75) is 25.3 Å². The zero-order valence-electron chi connectivity index (χ0n) is 14.9. The monoisotopic (exact) mass is 337 g/mol. The van der Waals surface area contributed by atoms with Crippen LogP contribution in [0.15, 0.2) is 36.7 Å². The smallest absolute Gasteiger partial charge is 0.159 e. The van der Waals surface area contributed by atoms with Crippen LogP contribution in [0, 0.1) is 5.92 Å². The summed E-state index contributed by atoms with van der Waals surface area (Å²) in [6.45, 7) is 4.52. The molecule has 1 aliphatic rings. The van der Waals surface area contributed by atoms with Gasteiger partial charge in [0, 0.05) is 11.1 Å². The lowest BCUT2D eigenvalue weighted by molar-refractivity contribution is 0.149. The Morgan fingerprint density at radius 1 is 1.28 bits per heavy atom. The number of hydrogen-bond donors (Lipinski definition) is 1. The Kier molecular flexibility index (Phi) is 5.40. The third-order valence-corrected chi connectivity index (χ3v) is 4.66. The highest BCUT2D eigenvalue weighted by Gasteiger charge is 2.18. The molecule has 5 nitrogen and oxygen atoms in total. The van der Waals surface area contributed by atoms with Crippen molar-refractivity contribution in [2.75, 3.05) is 26.7 Å². The normalized spacial score (nSPS) is 18.7. The Hall–Kier alpha value is -1.92. The van der Waals surface area contributed by atoms with Crippen molar-refractivity contribution in [2.24, 2.45) is 5.92 Å². The molecule has 6 heteroatoms. The van der Waals surface area contributed by atoms with E-state index in [9.17, 15) is 5.11 Å². The lowest BCUT2D eigenvalue weighted by Gasteiger charge is -2.28. The van der Waals surface area contributed by atoms with Gasteiger partial charge in [-0.2, -0.15) is 0 Å². The van der Waals surface area contributed by atoms with Gasteiger partial charge in [-0.3, -0.25) is 0 Å². The summed E-state index contributed by atoms with van der Waals surface area (Å²) in [5.74, 6) is 1.86. The minimum atomic E-state index is -1.38. The van der Waals surface area contributed by atoms with Gasteiger partial charge in [-0.25, -0.2) is 9.97 Å². The summed E-state index contributed by atoms with van der Waals surface area (Å²) in [6, 6.07) is 7.31. The maximum atomic E-state index is 9.93. The number of likely N-dealkylation sites (tertiary alicyclic amines) is 1. The quantitative estimate of drug-likeness (QED) is 0.848. The SMILES string of the molecule is [B][C@@](C)(O)c1cccc(-c2ncc(OCC3CCN(C)CC3)cn2)c1. The number of ether oxygens (including phenoxy) is 1. The second kappa shape index (κ2) is 7.54. The highest BCUT2D eigenvalue weighted by Crippen LogP contribution is 2.23. The third-order valence-electron chi connectivity index (χ3n) is 4.66. The summed E-state index contributed by atoms with van der Waals surface area (Å²) in [7, 11) is 7.89. The first-order valence-electron chi connectivity index (χ1n) is 8.67. The van der Waals surface area contributed by atoms with Crippen LogP contribution < -0.4 is 4.74 Å². The second-order valence-corrected chi connectivity index (χ2v) is 7.03. The molecule has 1 aliphatic heterocycles. The minimum absolute atomic E-state index is 0.581. The van der Waals surface area contributed by atoms with Gasteiger partial charge in [0.25, 0.3) is 0 Å². The Morgan fingerprint density at radius 3 is 2.60 bits per heavy atom. The topological polar surface area (TPSA) is 58.5 Å². The van der Waals surface area contributed by atoms with Crippen molar-refractivity contribution in [3.05, 3.63) is 42.2 Å². The average Bonchev–Trinajstić information content (AvgIpc) is 2.61. The Bertz CT molecular complexity index is 693. The third kappa shape index (κ3) is 4.80. The van der Waals surface area contributed by atoms with Gasteiger partial charge < -0.3 is 14.7 Å². The number of aliphatic hydroxyl groups is 1. The fourth-order valence-electron chi connectivity index (χ4n) is 2.96. The lowest BCUT2D eigenvalue weighted by atomic mass is 9.77. The molecule has 2 aromatic rings. The van der Waals surface area contributed by atoms with Crippen LogP contribution in [-0.4, -0.2) is 54.6 Å². The van der Waals surface area contributed by atoms with Crippen LogP contribution >= 0.6 is 0 Å². The molecule has 2 heterocycles. The molecule has 2 radical (unpaired) electrons. The summed E-state index contributed by atoms with van der Waals surface area (Å²) < 4.78 is 5.85. The minimum Gasteiger partial charge on any atom is -0.490 e. The van der Waals surface area contributed by atoms with E-state index >= 15 is 0 Å². The highest BCUT2D eigenvalue weighted by molar-refractivity contribution is 6.14. The molecule has 0 aliphatic carbocycles. The zero-order valence-corrected chi connectivity index (χ0v) is 14.9. The van der Waals surface area contributed by atoms with E-state index in [2.05, 4.69) is 21.9 Å². The van der Waals surface area contributed by atoms with Crippen molar-refractivity contribution in [1.29, 1.82) is 0 Å². The molecule has 1 atom stereocenters. The Balaban J connectivity index is 1.62. The largest absolute Gasteiger partial charge is 0.490 e. The first kappa shape index (κ1) is 17.9. The molecule has 0 spiro atoms. The Labute approximate surface area is 150 Å². The van der Waals surface area contributed by atoms with Gasteiger partial charge in [0.1, 0.15) is 7.85 Å². The van der Waals surface area contributed by atoms with Crippen LogP contribution in [0.5, 0.6) is 5.75 Å². The maximum Gasteiger partial charge on any atom is 0.159 e. The predicted molar refractivity (Wildman–Crippen MR) is 98.5 cm³/mol. The highest BCUT2D eigenvalue weighted by atomic mass is 16.5. The Morgan fingerprint density at radius 2 is 1.96 bits per heavy atom. The molecule has 3 rings (SSSR count). The number of benzene rings is 1. The number of piperidine rings is 1. The number of hydrogen-bond acceptors (Lipinski definition) is 5. The molecule has 1 aromatic carbocycles. The van der Waals surface area contributed by atoms with E-state index in [1.165, 1.54) is 12.8 Å². The molecule has 1 fully saturated rings. The van der Waals surface area contributed by atoms with Crippen LogP contribution in [-0.2, 0) is 5.50 Å². The van der Waals surface area contributed by atoms with E-state index in [0.717, 1.165) is 18.7 Å². The standard InChI is InChI=1S/C19H24BN3O2/c1-19(20,24)16-5-3-4-15(10-16)18-21-11-17(12-22-18)25-13-14-6-8-23(2)9-7-14/h3-5,10-12,14,24H,6-9,13H2,1-2H3/t19-/m0/s1. The molecule has 0 amide bonds. The van der Waals surface area contributed by atoms with E-state index in [-0.39, 0.29) is 0 Å². The lowest BCUT2D eigenvalue weighted by Crippen LogP contribution is -2.32. The van der Waals surface area contributed by atoms with E-state index in [1.807, 2.05) is 12.1 Å². The molecule has 1 aromatic heterocycles. The number of rotatable bonds is 5. The van der Waals surface area contributed by atoms with Crippen molar-refractivity contribution in [3.63, 3.8) is 0 Å². The van der Waals surface area contributed by atoms with Crippen molar-refractivity contribution in [1.82, 2.24) is 14.9 Å². The fraction of sp³-hybridized carbons (Fsp3) is 0.474. The molecule has 1 N–H and O–H groups in total. The first-order chi connectivity index (χ1) is 11.9. The second-order valence-electron chi connectivity index (χ2n) is 7.03. The van der Waals surface area contributed by atoms with Crippen LogP contribution in [0.1, 0.15) is 25.3 Å². The van der Waals surface area contributed by atoms with E-state index in [4.69, 9.17) is 12.6 Å². The molecular weight excluding hydrogens is 313 g/mol. The number of aromatic nitrogens is 2. The van der Waals surface area contributed by atoms with Gasteiger partial charge in [0.2, 0.25) is 0 Å². The number of nitrogens with zero attached hydrogens (tertiary/aromatic N) is 3. The summed E-state index contributed by atoms with van der Waals surface area (Å²) in [5, 5.41) is 9.93. The van der Waals surface area contributed by atoms with E-state index in [0.29, 0.717) is 29.7 Å². The summed E-state index contributed by atoms with van der Waals surface area (Å²) in [4.78, 5) is 11.1. The van der Waals surface area contributed by atoms with Crippen molar-refractivity contribution in [3.8, 4) is 17.1 Å². The molecule has 0 bridgehead atoms. The molecule has 25 heavy (non-hydrogen) atoms. The predicted octanol–water partition coefficient (Wildman–Crippen LogP) is 2.20. The average molecular weight is 337 g/mol. The van der Waals surface area contributed by atoms with Crippen LogP contribution in [0.3, 0.4) is 0 Å². The van der Waals surface area contributed by atoms with E-state index < -0.39 is 5.50 Å². The summed E-state index contributed by atoms with van der Waals surface area (Å²) >= 11 is 0. The van der Waals surface area contributed by atoms with Crippen LogP contribution in [0.25, 0.3) is 11.4 Å². The van der Waals surface area contributed by atoms with Gasteiger partial charge in [-0.05, 0) is 57.5 Å². The molecule has 1 saturated heterocycles.